The van der Waals surface area contributed by atoms with Gasteiger partial charge in [0.2, 0.25) is 11.1 Å². The highest BCUT2D eigenvalue weighted by molar-refractivity contribution is 7.79. The fourth-order valence-corrected chi connectivity index (χ4v) is 0.934. The third-order valence-electron chi connectivity index (χ3n) is 0.958. The summed E-state index contributed by atoms with van der Waals surface area (Å²) in [7, 11) is 0. The highest BCUT2D eigenvalue weighted by Crippen LogP contribution is 1.99. The maximum atomic E-state index is 10.4. The first-order valence-corrected chi connectivity index (χ1v) is 3.70. The van der Waals surface area contributed by atoms with E-state index < -0.39 is 11.1 Å². The van der Waals surface area contributed by atoms with Crippen LogP contribution in [0.15, 0.2) is 17.4 Å². The van der Waals surface area contributed by atoms with Crippen molar-refractivity contribution in [2.24, 2.45) is 0 Å². The summed E-state index contributed by atoms with van der Waals surface area (Å²) < 4.78 is 18.9. The number of aromatic nitrogens is 2. The van der Waals surface area contributed by atoms with E-state index >= 15 is 0 Å². The molecule has 1 atom stereocenters. The van der Waals surface area contributed by atoms with Gasteiger partial charge in [-0.2, -0.15) is 0 Å². The number of rotatable bonds is 1. The van der Waals surface area contributed by atoms with Crippen molar-refractivity contribution in [3.05, 3.63) is 18.1 Å². The molecule has 0 saturated heterocycles. The molecule has 10 heavy (non-hydrogen) atoms. The molecule has 0 aliphatic rings. The van der Waals surface area contributed by atoms with Crippen LogP contribution in [0.25, 0.3) is 0 Å². The molecule has 0 spiro atoms. The molecule has 0 bridgehead atoms. The molecule has 4 nitrogen and oxygen atoms in total. The van der Waals surface area contributed by atoms with Crippen molar-refractivity contribution < 1.29 is 8.76 Å². The summed E-state index contributed by atoms with van der Waals surface area (Å²) in [6, 6.07) is 1.47. The Balaban J connectivity index is 3.07. The zero-order valence-electron chi connectivity index (χ0n) is 5.31. The summed E-state index contributed by atoms with van der Waals surface area (Å²) in [6.45, 7) is 1.73. The van der Waals surface area contributed by atoms with E-state index in [1.165, 1.54) is 12.4 Å². The fraction of sp³-hybridized carbons (Fsp3) is 0.200. The van der Waals surface area contributed by atoms with Crippen LogP contribution < -0.4 is 0 Å². The first kappa shape index (κ1) is 7.30. The second-order valence-electron chi connectivity index (χ2n) is 1.75. The van der Waals surface area contributed by atoms with Crippen LogP contribution in [0, 0.1) is 6.92 Å². The zero-order valence-corrected chi connectivity index (χ0v) is 6.13. The van der Waals surface area contributed by atoms with Crippen molar-refractivity contribution >= 4 is 11.1 Å². The summed E-state index contributed by atoms with van der Waals surface area (Å²) >= 11 is -1.99. The Labute approximate surface area is 60.6 Å². The number of nitrogens with zero attached hydrogens (tertiary/aromatic N) is 2. The monoisotopic (exact) mass is 158 g/mol. The minimum Gasteiger partial charge on any atom is -0.301 e. The SMILES string of the molecule is Cc1cc(S(=O)O)ncn1. The molecule has 1 heterocycles. The van der Waals surface area contributed by atoms with Crippen LogP contribution in [-0.4, -0.2) is 18.7 Å². The van der Waals surface area contributed by atoms with Gasteiger partial charge in [0.1, 0.15) is 6.33 Å². The van der Waals surface area contributed by atoms with Gasteiger partial charge in [0.25, 0.3) is 0 Å². The molecule has 1 rings (SSSR count). The minimum absolute atomic E-state index is 0.146. The highest BCUT2D eigenvalue weighted by Gasteiger charge is 1.99. The lowest BCUT2D eigenvalue weighted by Crippen LogP contribution is -1.94. The van der Waals surface area contributed by atoms with E-state index in [0.29, 0.717) is 5.69 Å². The van der Waals surface area contributed by atoms with E-state index in [0.717, 1.165) is 0 Å². The Morgan fingerprint density at radius 2 is 2.30 bits per heavy atom. The lowest BCUT2D eigenvalue weighted by Gasteiger charge is -1.92. The van der Waals surface area contributed by atoms with Crippen molar-refractivity contribution in [2.75, 3.05) is 0 Å². The third kappa shape index (κ3) is 1.58. The maximum Gasteiger partial charge on any atom is 0.205 e. The molecular formula is C5H6N2O2S. The fourth-order valence-electron chi connectivity index (χ4n) is 0.526. The molecule has 0 radical (unpaired) electrons. The molecule has 0 saturated carbocycles. The second-order valence-corrected chi connectivity index (χ2v) is 2.66. The Bertz CT molecular complexity index is 264. The molecule has 1 N–H and O–H groups in total. The topological polar surface area (TPSA) is 63.1 Å². The summed E-state index contributed by atoms with van der Waals surface area (Å²) in [5.41, 5.74) is 0.687. The summed E-state index contributed by atoms with van der Waals surface area (Å²) in [5.74, 6) is 0. The van der Waals surface area contributed by atoms with Gasteiger partial charge in [0.05, 0.1) is 0 Å². The van der Waals surface area contributed by atoms with E-state index in [1.54, 1.807) is 6.92 Å². The number of hydrogen-bond acceptors (Lipinski definition) is 3. The summed E-state index contributed by atoms with van der Waals surface area (Å²) in [6.07, 6.45) is 1.26. The van der Waals surface area contributed by atoms with Gasteiger partial charge in [-0.1, -0.05) is 0 Å². The Morgan fingerprint density at radius 1 is 1.60 bits per heavy atom. The first-order valence-electron chi connectivity index (χ1n) is 2.59. The Kier molecular flexibility index (Phi) is 2.08. The third-order valence-corrected chi connectivity index (χ3v) is 1.54. The van der Waals surface area contributed by atoms with Gasteiger partial charge >= 0.3 is 0 Å². The van der Waals surface area contributed by atoms with Crippen LogP contribution in [0.5, 0.6) is 0 Å². The Hall–Kier alpha value is -0.810. The van der Waals surface area contributed by atoms with Gasteiger partial charge in [0.15, 0.2) is 5.03 Å². The van der Waals surface area contributed by atoms with Crippen LogP contribution in [0.4, 0.5) is 0 Å². The molecule has 1 unspecified atom stereocenters. The quantitative estimate of drug-likeness (QED) is 0.473. The highest BCUT2D eigenvalue weighted by atomic mass is 32.2. The normalized spacial score (nSPS) is 13.0. The van der Waals surface area contributed by atoms with Crippen molar-refractivity contribution in [1.82, 2.24) is 9.97 Å². The molecule has 0 aromatic carbocycles. The smallest absolute Gasteiger partial charge is 0.205 e. The maximum absolute atomic E-state index is 10.4. The van der Waals surface area contributed by atoms with Gasteiger partial charge in [0, 0.05) is 5.69 Å². The zero-order chi connectivity index (χ0) is 7.56. The van der Waals surface area contributed by atoms with Gasteiger partial charge < -0.3 is 4.55 Å². The standard InChI is InChI=1S/C5H6N2O2S/c1-4-2-5(10(8)9)7-3-6-4/h2-3H,1H3,(H,8,9). The predicted octanol–water partition coefficient (Wildman–Crippen LogP) is 0.366. The van der Waals surface area contributed by atoms with Crippen LogP contribution in [0.3, 0.4) is 0 Å². The number of hydrogen-bond donors (Lipinski definition) is 1. The van der Waals surface area contributed by atoms with Crippen LogP contribution in [0.2, 0.25) is 0 Å². The van der Waals surface area contributed by atoms with Crippen LogP contribution >= 0.6 is 0 Å². The predicted molar refractivity (Wildman–Crippen MR) is 35.8 cm³/mol. The van der Waals surface area contributed by atoms with Crippen LogP contribution in [-0.2, 0) is 11.1 Å². The molecular weight excluding hydrogens is 152 g/mol. The minimum atomic E-state index is -1.99. The molecule has 1 aromatic heterocycles. The van der Waals surface area contributed by atoms with E-state index in [2.05, 4.69) is 9.97 Å². The van der Waals surface area contributed by atoms with Crippen molar-refractivity contribution in [2.45, 2.75) is 11.9 Å². The van der Waals surface area contributed by atoms with Crippen LogP contribution in [0.1, 0.15) is 5.69 Å². The average molecular weight is 158 g/mol. The first-order chi connectivity index (χ1) is 4.70. The van der Waals surface area contributed by atoms with Gasteiger partial charge in [-0.25, -0.2) is 14.2 Å². The summed E-state index contributed by atoms with van der Waals surface area (Å²) in [5, 5.41) is 0.146. The second kappa shape index (κ2) is 2.85. The Morgan fingerprint density at radius 3 is 2.70 bits per heavy atom. The van der Waals surface area contributed by atoms with Crippen molar-refractivity contribution in [3.8, 4) is 0 Å². The van der Waals surface area contributed by atoms with Crippen molar-refractivity contribution in [3.63, 3.8) is 0 Å². The number of aryl methyl sites for hydroxylation is 1. The molecule has 0 aliphatic carbocycles. The molecule has 5 heteroatoms. The van der Waals surface area contributed by atoms with Gasteiger partial charge in [-0.05, 0) is 13.0 Å². The van der Waals surface area contributed by atoms with E-state index in [-0.39, 0.29) is 5.03 Å². The van der Waals surface area contributed by atoms with E-state index in [1.807, 2.05) is 0 Å². The van der Waals surface area contributed by atoms with Gasteiger partial charge in [-0.15, -0.1) is 0 Å². The molecule has 0 aliphatic heterocycles. The lowest BCUT2D eigenvalue weighted by atomic mass is 10.5. The van der Waals surface area contributed by atoms with E-state index in [4.69, 9.17) is 4.55 Å². The largest absolute Gasteiger partial charge is 0.301 e. The molecule has 1 aromatic rings. The molecule has 0 amide bonds. The van der Waals surface area contributed by atoms with E-state index in [9.17, 15) is 4.21 Å². The molecule has 0 fully saturated rings. The average Bonchev–Trinajstić information content (AvgIpc) is 1.88. The summed E-state index contributed by atoms with van der Waals surface area (Å²) in [4.78, 5) is 7.34. The lowest BCUT2D eigenvalue weighted by molar-refractivity contribution is 0.559. The van der Waals surface area contributed by atoms with Crippen molar-refractivity contribution in [1.29, 1.82) is 0 Å². The molecule has 54 valence electrons. The van der Waals surface area contributed by atoms with Gasteiger partial charge in [-0.3, -0.25) is 0 Å².